The van der Waals surface area contributed by atoms with E-state index in [1.165, 1.54) is 0 Å². The smallest absolute Gasteiger partial charge is 0.241 e. The van der Waals surface area contributed by atoms with Crippen molar-refractivity contribution in [2.45, 2.75) is 44.7 Å². The second kappa shape index (κ2) is 9.53. The van der Waals surface area contributed by atoms with E-state index in [1.807, 2.05) is 61.5 Å². The van der Waals surface area contributed by atoms with Gasteiger partial charge in [0, 0.05) is 6.54 Å². The summed E-state index contributed by atoms with van der Waals surface area (Å²) >= 11 is 1.54. The van der Waals surface area contributed by atoms with Crippen LogP contribution in [0.3, 0.4) is 0 Å². The van der Waals surface area contributed by atoms with Crippen LogP contribution < -0.4 is 4.72 Å². The zero-order valence-corrected chi connectivity index (χ0v) is 21.6. The summed E-state index contributed by atoms with van der Waals surface area (Å²) in [6.45, 7) is 6.79. The van der Waals surface area contributed by atoms with Gasteiger partial charge in [-0.1, -0.05) is 50.2 Å². The lowest BCUT2D eigenvalue weighted by Crippen LogP contribution is -2.29. The Hall–Kier alpha value is -3.07. The van der Waals surface area contributed by atoms with E-state index in [9.17, 15) is 8.42 Å². The minimum Gasteiger partial charge on any atom is -0.324 e. The van der Waals surface area contributed by atoms with Crippen LogP contribution in [0, 0.1) is 12.8 Å². The molecule has 3 aromatic carbocycles. The summed E-state index contributed by atoms with van der Waals surface area (Å²) in [5.74, 6) is 1.24. The Kier molecular flexibility index (Phi) is 6.44. The van der Waals surface area contributed by atoms with Crippen molar-refractivity contribution in [2.75, 3.05) is 0 Å². The number of hydrogen-bond donors (Lipinski definition) is 1. The highest BCUT2D eigenvalue weighted by Gasteiger charge is 2.25. The van der Waals surface area contributed by atoms with Gasteiger partial charge >= 0.3 is 0 Å². The zero-order valence-electron chi connectivity index (χ0n) is 20.0. The van der Waals surface area contributed by atoms with Gasteiger partial charge in [-0.3, -0.25) is 0 Å². The van der Waals surface area contributed by atoms with Crippen LogP contribution in [-0.4, -0.2) is 23.0 Å². The average Bonchev–Trinajstić information content (AvgIpc) is 3.40. The number of nitrogens with zero attached hydrogens (tertiary/aromatic N) is 3. The Morgan fingerprint density at radius 1 is 0.914 bits per heavy atom. The number of para-hydroxylation sites is 3. The van der Waals surface area contributed by atoms with Crippen LogP contribution in [-0.2, 0) is 16.6 Å². The molecule has 0 saturated heterocycles. The molecule has 0 amide bonds. The highest BCUT2D eigenvalue weighted by Crippen LogP contribution is 2.31. The molecule has 0 spiro atoms. The Morgan fingerprint density at radius 3 is 2.31 bits per heavy atom. The number of aryl methyl sites for hydroxylation is 1. The van der Waals surface area contributed by atoms with E-state index >= 15 is 0 Å². The second-order valence-electron chi connectivity index (χ2n) is 9.20. The molecule has 1 atom stereocenters. The Balaban J connectivity index is 1.38. The van der Waals surface area contributed by atoms with E-state index in [0.29, 0.717) is 18.9 Å². The molecule has 6 nitrogen and oxygen atoms in total. The highest BCUT2D eigenvalue weighted by molar-refractivity contribution is 7.89. The van der Waals surface area contributed by atoms with Gasteiger partial charge in [0.05, 0.1) is 32.2 Å². The molecule has 5 rings (SSSR count). The maximum atomic E-state index is 13.3. The first kappa shape index (κ1) is 23.7. The molecule has 2 aromatic heterocycles. The first-order valence-corrected chi connectivity index (χ1v) is 14.0. The zero-order chi connectivity index (χ0) is 24.6. The van der Waals surface area contributed by atoms with Gasteiger partial charge in [-0.2, -0.15) is 0 Å². The predicted octanol–water partition coefficient (Wildman–Crippen LogP) is 6.07. The van der Waals surface area contributed by atoms with E-state index in [0.717, 1.165) is 37.6 Å². The maximum Gasteiger partial charge on any atom is 0.241 e. The molecule has 0 aliphatic carbocycles. The van der Waals surface area contributed by atoms with Crippen LogP contribution in [0.4, 0.5) is 0 Å². The van der Waals surface area contributed by atoms with Gasteiger partial charge in [0.1, 0.15) is 10.8 Å². The Bertz CT molecular complexity index is 1550. The van der Waals surface area contributed by atoms with Crippen LogP contribution in [0.15, 0.2) is 77.7 Å². The molecule has 1 N–H and O–H groups in total. The molecule has 0 fully saturated rings. The Morgan fingerprint density at radius 2 is 1.60 bits per heavy atom. The number of benzene rings is 3. The van der Waals surface area contributed by atoms with Crippen LogP contribution in [0.5, 0.6) is 0 Å². The molecule has 180 valence electrons. The van der Waals surface area contributed by atoms with E-state index in [4.69, 9.17) is 4.98 Å². The molecule has 8 heteroatoms. The van der Waals surface area contributed by atoms with Crippen molar-refractivity contribution in [1.29, 1.82) is 0 Å². The average molecular weight is 505 g/mol. The summed E-state index contributed by atoms with van der Waals surface area (Å²) < 4.78 is 32.8. The van der Waals surface area contributed by atoms with Crippen LogP contribution >= 0.6 is 11.3 Å². The van der Waals surface area contributed by atoms with Crippen molar-refractivity contribution < 1.29 is 8.42 Å². The number of rotatable bonds is 8. The minimum absolute atomic E-state index is 0.253. The minimum atomic E-state index is -3.71. The summed E-state index contributed by atoms with van der Waals surface area (Å²) in [4.78, 5) is 9.59. The molecule has 5 aromatic rings. The standard InChI is InChI=1S/C27H28N4O2S2/c1-18(2)16-24(27-29-23-9-5-7-11-26(23)34-27)30-35(32,33)21-14-12-20(13-15-21)17-31-19(3)28-22-8-4-6-10-25(22)31/h4-15,18,24,30H,16-17H2,1-3H3. The van der Waals surface area contributed by atoms with Crippen molar-refractivity contribution in [3.05, 3.63) is 89.2 Å². The molecule has 0 bridgehead atoms. The monoisotopic (exact) mass is 504 g/mol. The van der Waals surface area contributed by atoms with Crippen LogP contribution in [0.1, 0.15) is 42.7 Å². The summed E-state index contributed by atoms with van der Waals surface area (Å²) in [7, 11) is -3.71. The quantitative estimate of drug-likeness (QED) is 0.278. The fourth-order valence-electron chi connectivity index (χ4n) is 4.32. The molecule has 0 aliphatic rings. The van der Waals surface area contributed by atoms with Gasteiger partial charge < -0.3 is 4.57 Å². The fourth-order valence-corrected chi connectivity index (χ4v) is 6.64. The third-order valence-corrected chi connectivity index (χ3v) is 8.67. The van der Waals surface area contributed by atoms with Gasteiger partial charge in [-0.15, -0.1) is 11.3 Å². The van der Waals surface area contributed by atoms with Gasteiger partial charge in [0.25, 0.3) is 0 Å². The number of sulfonamides is 1. The van der Waals surface area contributed by atoms with Crippen molar-refractivity contribution in [2.24, 2.45) is 5.92 Å². The van der Waals surface area contributed by atoms with Gasteiger partial charge in [0.15, 0.2) is 0 Å². The molecular formula is C27H28N4O2S2. The topological polar surface area (TPSA) is 76.9 Å². The number of imidazole rings is 1. The van der Waals surface area contributed by atoms with Gasteiger partial charge in [0.2, 0.25) is 10.0 Å². The number of hydrogen-bond acceptors (Lipinski definition) is 5. The number of thiazole rings is 1. The largest absolute Gasteiger partial charge is 0.324 e. The predicted molar refractivity (Wildman–Crippen MR) is 142 cm³/mol. The summed E-state index contributed by atoms with van der Waals surface area (Å²) in [6.07, 6.45) is 0.671. The van der Waals surface area contributed by atoms with Crippen molar-refractivity contribution in [3.63, 3.8) is 0 Å². The summed E-state index contributed by atoms with van der Waals surface area (Å²) in [5.41, 5.74) is 3.93. The summed E-state index contributed by atoms with van der Waals surface area (Å²) in [6, 6.07) is 22.6. The number of nitrogens with one attached hydrogen (secondary N) is 1. The fraction of sp³-hybridized carbons (Fsp3) is 0.259. The first-order valence-electron chi connectivity index (χ1n) is 11.7. The van der Waals surface area contributed by atoms with Crippen molar-refractivity contribution in [1.82, 2.24) is 19.3 Å². The molecule has 1 unspecified atom stereocenters. The third-order valence-electron chi connectivity index (χ3n) is 6.03. The van der Waals surface area contributed by atoms with E-state index in [2.05, 4.69) is 34.2 Å². The lowest BCUT2D eigenvalue weighted by molar-refractivity contribution is 0.471. The van der Waals surface area contributed by atoms with Crippen LogP contribution in [0.25, 0.3) is 21.3 Å². The highest BCUT2D eigenvalue weighted by atomic mass is 32.2. The molecule has 35 heavy (non-hydrogen) atoms. The van der Waals surface area contributed by atoms with Gasteiger partial charge in [-0.25, -0.2) is 23.1 Å². The van der Waals surface area contributed by atoms with E-state index in [-0.39, 0.29) is 10.9 Å². The Labute approximate surface area is 209 Å². The lowest BCUT2D eigenvalue weighted by atomic mass is 10.1. The number of fused-ring (bicyclic) bond motifs is 2. The molecular weight excluding hydrogens is 476 g/mol. The third kappa shape index (κ3) is 5.00. The molecule has 0 saturated carbocycles. The number of aromatic nitrogens is 3. The SMILES string of the molecule is Cc1nc2ccccc2n1Cc1ccc(S(=O)(=O)NC(CC(C)C)c2nc3ccccc3s2)cc1. The van der Waals surface area contributed by atoms with Crippen molar-refractivity contribution >= 4 is 42.6 Å². The maximum absolute atomic E-state index is 13.3. The summed E-state index contributed by atoms with van der Waals surface area (Å²) in [5, 5.41) is 0.794. The first-order chi connectivity index (χ1) is 16.8. The van der Waals surface area contributed by atoms with Crippen LogP contribution in [0.2, 0.25) is 0 Å². The molecule has 0 aliphatic heterocycles. The lowest BCUT2D eigenvalue weighted by Gasteiger charge is -2.19. The van der Waals surface area contributed by atoms with E-state index < -0.39 is 10.0 Å². The van der Waals surface area contributed by atoms with Gasteiger partial charge in [-0.05, 0) is 61.2 Å². The van der Waals surface area contributed by atoms with Crippen molar-refractivity contribution in [3.8, 4) is 0 Å². The normalized spacial score (nSPS) is 13.1. The second-order valence-corrected chi connectivity index (χ2v) is 12.0. The molecule has 2 heterocycles. The van der Waals surface area contributed by atoms with E-state index in [1.54, 1.807) is 23.5 Å². The molecule has 0 radical (unpaired) electrons.